The van der Waals surface area contributed by atoms with E-state index in [1.54, 1.807) is 0 Å². The van der Waals surface area contributed by atoms with Gasteiger partial charge in [0.15, 0.2) is 0 Å². The van der Waals surface area contributed by atoms with Crippen molar-refractivity contribution in [1.29, 1.82) is 0 Å². The summed E-state index contributed by atoms with van der Waals surface area (Å²) in [5, 5.41) is 24.3. The number of urea groups is 1. The number of aromatic nitrogens is 2. The van der Waals surface area contributed by atoms with Crippen molar-refractivity contribution in [2.75, 3.05) is 11.9 Å². The normalized spacial score (nSPS) is 12.2. The molecular weight excluding hydrogens is 324 g/mol. The molecule has 0 saturated carbocycles. The van der Waals surface area contributed by atoms with Crippen LogP contribution in [0.3, 0.4) is 0 Å². The van der Waals surface area contributed by atoms with E-state index < -0.39 is 0 Å². The van der Waals surface area contributed by atoms with Crippen LogP contribution in [0.15, 0.2) is 30.3 Å². The fraction of sp³-hybridized carbons (Fsp3) is 0.471. The van der Waals surface area contributed by atoms with Gasteiger partial charge in [-0.15, -0.1) is 10.2 Å². The van der Waals surface area contributed by atoms with E-state index in [1.807, 2.05) is 30.3 Å². The second-order valence-electron chi connectivity index (χ2n) is 6.03. The molecule has 1 heterocycles. The first kappa shape index (κ1) is 18.4. The minimum Gasteiger partial charge on any atom is -0.396 e. The lowest BCUT2D eigenvalue weighted by Crippen LogP contribution is -2.32. The van der Waals surface area contributed by atoms with Gasteiger partial charge < -0.3 is 10.4 Å². The Balaban J connectivity index is 1.96. The van der Waals surface area contributed by atoms with Crippen LogP contribution in [0.5, 0.6) is 0 Å². The highest BCUT2D eigenvalue weighted by molar-refractivity contribution is 7.15. The van der Waals surface area contributed by atoms with Gasteiger partial charge in [-0.05, 0) is 24.3 Å². The number of carbonyl (C=O) groups is 1. The fourth-order valence-corrected chi connectivity index (χ4v) is 3.28. The molecule has 1 aromatic heterocycles. The lowest BCUT2D eigenvalue weighted by atomic mass is 10.0. The van der Waals surface area contributed by atoms with Gasteiger partial charge in [0.1, 0.15) is 5.01 Å². The zero-order valence-corrected chi connectivity index (χ0v) is 14.8. The lowest BCUT2D eigenvalue weighted by Gasteiger charge is -2.18. The van der Waals surface area contributed by atoms with Gasteiger partial charge in [0.05, 0.1) is 6.04 Å². The average Bonchev–Trinajstić information content (AvgIpc) is 2.98. The number of hydrogen-bond donors (Lipinski definition) is 3. The van der Waals surface area contributed by atoms with Crippen LogP contribution in [0.2, 0.25) is 0 Å². The van der Waals surface area contributed by atoms with Gasteiger partial charge in [0.25, 0.3) is 0 Å². The van der Waals surface area contributed by atoms with Crippen molar-refractivity contribution in [3.8, 4) is 0 Å². The van der Waals surface area contributed by atoms with Crippen molar-refractivity contribution in [2.24, 2.45) is 5.92 Å². The number of hydrogen-bond acceptors (Lipinski definition) is 5. The first-order valence-electron chi connectivity index (χ1n) is 8.14. The number of carbonyl (C=O) groups excluding carboxylic acids is 1. The Hall–Kier alpha value is -1.99. The topological polar surface area (TPSA) is 87.1 Å². The van der Waals surface area contributed by atoms with Gasteiger partial charge in [-0.25, -0.2) is 4.79 Å². The Bertz CT molecular complexity index is 631. The van der Waals surface area contributed by atoms with Crippen molar-refractivity contribution in [3.05, 3.63) is 40.9 Å². The number of nitrogens with one attached hydrogen (secondary N) is 2. The molecule has 2 aromatic rings. The van der Waals surface area contributed by atoms with Crippen molar-refractivity contribution >= 4 is 22.5 Å². The Morgan fingerprint density at radius 2 is 2.00 bits per heavy atom. The molecule has 0 spiro atoms. The summed E-state index contributed by atoms with van der Waals surface area (Å²) in [6.07, 6.45) is 2.14. The van der Waals surface area contributed by atoms with E-state index in [4.69, 9.17) is 5.11 Å². The molecule has 1 unspecified atom stereocenters. The minimum atomic E-state index is -0.311. The van der Waals surface area contributed by atoms with E-state index in [9.17, 15) is 4.79 Å². The first-order valence-corrected chi connectivity index (χ1v) is 8.96. The van der Waals surface area contributed by atoms with Crippen LogP contribution in [0.1, 0.15) is 43.3 Å². The highest BCUT2D eigenvalue weighted by atomic mass is 32.1. The SMILES string of the molecule is CC(C)Cc1nnc(NC(=O)NC(CCCO)c2ccccc2)s1. The predicted molar refractivity (Wildman–Crippen MR) is 96.1 cm³/mol. The predicted octanol–water partition coefficient (Wildman–Crippen LogP) is 3.37. The monoisotopic (exact) mass is 348 g/mol. The van der Waals surface area contributed by atoms with Crippen molar-refractivity contribution in [2.45, 2.75) is 39.2 Å². The molecule has 0 aliphatic carbocycles. The minimum absolute atomic E-state index is 0.0988. The highest BCUT2D eigenvalue weighted by Gasteiger charge is 2.15. The van der Waals surface area contributed by atoms with Crippen LogP contribution in [-0.4, -0.2) is 27.9 Å². The van der Waals surface area contributed by atoms with E-state index >= 15 is 0 Å². The Morgan fingerprint density at radius 3 is 2.67 bits per heavy atom. The third-order valence-electron chi connectivity index (χ3n) is 3.43. The molecule has 2 amide bonds. The number of amides is 2. The van der Waals surface area contributed by atoms with Gasteiger partial charge in [0.2, 0.25) is 5.13 Å². The van der Waals surface area contributed by atoms with Crippen molar-refractivity contribution < 1.29 is 9.90 Å². The molecule has 7 heteroatoms. The van der Waals surface area contributed by atoms with E-state index in [0.29, 0.717) is 23.9 Å². The molecule has 0 aliphatic rings. The summed E-state index contributed by atoms with van der Waals surface area (Å²) in [4.78, 5) is 12.2. The first-order chi connectivity index (χ1) is 11.6. The highest BCUT2D eigenvalue weighted by Crippen LogP contribution is 2.20. The number of anilines is 1. The lowest BCUT2D eigenvalue weighted by molar-refractivity contribution is 0.243. The Kier molecular flexibility index (Phi) is 7.14. The van der Waals surface area contributed by atoms with Crippen LogP contribution in [0.4, 0.5) is 9.93 Å². The summed E-state index contributed by atoms with van der Waals surface area (Å²) in [5.41, 5.74) is 1.01. The summed E-state index contributed by atoms with van der Waals surface area (Å²) in [6, 6.07) is 9.27. The van der Waals surface area contributed by atoms with Crippen LogP contribution < -0.4 is 10.6 Å². The van der Waals surface area contributed by atoms with Crippen molar-refractivity contribution in [3.63, 3.8) is 0 Å². The van der Waals surface area contributed by atoms with Gasteiger partial charge in [-0.2, -0.15) is 0 Å². The number of aliphatic hydroxyl groups is 1. The van der Waals surface area contributed by atoms with Crippen molar-refractivity contribution in [1.82, 2.24) is 15.5 Å². The third-order valence-corrected chi connectivity index (χ3v) is 4.29. The molecule has 1 aromatic carbocycles. The average molecular weight is 348 g/mol. The summed E-state index contributed by atoms with van der Waals surface area (Å²) < 4.78 is 0. The standard InChI is InChI=1S/C17H24N4O2S/c1-12(2)11-15-20-21-17(24-15)19-16(23)18-14(9-6-10-22)13-7-4-3-5-8-13/h3-5,7-8,12,14,22H,6,9-11H2,1-2H3,(H2,18,19,21,23). The molecule has 0 aliphatic heterocycles. The summed E-state index contributed by atoms with van der Waals surface area (Å²) in [5.74, 6) is 0.501. The third kappa shape index (κ3) is 5.90. The second-order valence-corrected chi connectivity index (χ2v) is 7.09. The van der Waals surface area contributed by atoms with E-state index in [2.05, 4.69) is 34.7 Å². The number of nitrogens with zero attached hydrogens (tertiary/aromatic N) is 2. The smallest absolute Gasteiger partial charge is 0.321 e. The largest absolute Gasteiger partial charge is 0.396 e. The van der Waals surface area contributed by atoms with Gasteiger partial charge in [-0.3, -0.25) is 5.32 Å². The quantitative estimate of drug-likeness (QED) is 0.682. The molecule has 0 saturated heterocycles. The van der Waals surface area contributed by atoms with Gasteiger partial charge in [-0.1, -0.05) is 55.5 Å². The van der Waals surface area contributed by atoms with E-state index in [1.165, 1.54) is 11.3 Å². The second kappa shape index (κ2) is 9.34. The summed E-state index contributed by atoms with van der Waals surface area (Å²) in [7, 11) is 0. The van der Waals surface area contributed by atoms with Crippen LogP contribution in [0, 0.1) is 5.92 Å². The van der Waals surface area contributed by atoms with Crippen LogP contribution in [0.25, 0.3) is 0 Å². The maximum atomic E-state index is 12.2. The number of benzene rings is 1. The zero-order valence-electron chi connectivity index (χ0n) is 14.0. The molecule has 24 heavy (non-hydrogen) atoms. The van der Waals surface area contributed by atoms with Crippen LogP contribution >= 0.6 is 11.3 Å². The number of aliphatic hydroxyl groups excluding tert-OH is 1. The zero-order chi connectivity index (χ0) is 17.4. The number of rotatable bonds is 8. The summed E-state index contributed by atoms with van der Waals surface area (Å²) >= 11 is 1.40. The van der Waals surface area contributed by atoms with Gasteiger partial charge in [0, 0.05) is 13.0 Å². The maximum absolute atomic E-state index is 12.2. The Labute approximate surface area is 146 Å². The van der Waals surface area contributed by atoms with E-state index in [0.717, 1.165) is 17.0 Å². The fourth-order valence-electron chi connectivity index (χ4n) is 2.33. The van der Waals surface area contributed by atoms with Crippen LogP contribution in [-0.2, 0) is 6.42 Å². The molecule has 0 bridgehead atoms. The van der Waals surface area contributed by atoms with Gasteiger partial charge >= 0.3 is 6.03 Å². The molecule has 0 radical (unpaired) electrons. The molecular formula is C17H24N4O2S. The molecule has 3 N–H and O–H groups in total. The Morgan fingerprint density at radius 1 is 1.25 bits per heavy atom. The molecule has 0 fully saturated rings. The molecule has 2 rings (SSSR count). The molecule has 6 nitrogen and oxygen atoms in total. The summed E-state index contributed by atoms with van der Waals surface area (Å²) in [6.45, 7) is 4.33. The van der Waals surface area contributed by atoms with E-state index in [-0.39, 0.29) is 18.7 Å². The molecule has 1 atom stereocenters. The maximum Gasteiger partial charge on any atom is 0.321 e. The molecule has 130 valence electrons.